The van der Waals surface area contributed by atoms with E-state index in [1.54, 1.807) is 11.3 Å². The standard InChI is InChI=1S/C14H23N3O2S/c1-14(2,3)13-16-10(9-20-13)11(12(18)19)17-7-4-5-15-6-8-17/h9,11,15H,4-8H2,1-3H3,(H,18,19). The Labute approximate surface area is 124 Å². The number of carboxylic acids is 1. The van der Waals surface area contributed by atoms with E-state index in [4.69, 9.17) is 0 Å². The summed E-state index contributed by atoms with van der Waals surface area (Å²) in [5.74, 6) is -0.808. The molecule has 1 atom stereocenters. The van der Waals surface area contributed by atoms with Crippen molar-refractivity contribution in [2.45, 2.75) is 38.6 Å². The molecular weight excluding hydrogens is 274 g/mol. The first-order chi connectivity index (χ1) is 9.39. The van der Waals surface area contributed by atoms with Crippen LogP contribution in [-0.4, -0.2) is 47.1 Å². The molecule has 6 heteroatoms. The Morgan fingerprint density at radius 2 is 2.20 bits per heavy atom. The average Bonchev–Trinajstić information content (AvgIpc) is 2.67. The Balaban J connectivity index is 2.24. The molecule has 5 nitrogen and oxygen atoms in total. The number of hydrogen-bond donors (Lipinski definition) is 2. The molecule has 0 aromatic carbocycles. The molecule has 20 heavy (non-hydrogen) atoms. The quantitative estimate of drug-likeness (QED) is 0.891. The van der Waals surface area contributed by atoms with Crippen LogP contribution >= 0.6 is 11.3 Å². The SMILES string of the molecule is CC(C)(C)c1nc(C(C(=O)O)N2CCCNCC2)cs1. The van der Waals surface area contributed by atoms with E-state index in [0.717, 1.165) is 37.6 Å². The average molecular weight is 297 g/mol. The lowest BCUT2D eigenvalue weighted by Crippen LogP contribution is -2.37. The number of rotatable bonds is 3. The number of nitrogens with zero attached hydrogens (tertiary/aromatic N) is 2. The van der Waals surface area contributed by atoms with E-state index in [0.29, 0.717) is 5.69 Å². The molecule has 0 saturated carbocycles. The highest BCUT2D eigenvalue weighted by atomic mass is 32.1. The molecule has 1 aromatic rings. The van der Waals surface area contributed by atoms with E-state index in [2.05, 4.69) is 31.1 Å². The molecule has 2 heterocycles. The molecule has 2 rings (SSSR count). The lowest BCUT2D eigenvalue weighted by Gasteiger charge is -2.25. The molecule has 0 spiro atoms. The van der Waals surface area contributed by atoms with Crippen LogP contribution in [0.25, 0.3) is 0 Å². The van der Waals surface area contributed by atoms with Gasteiger partial charge in [0.05, 0.1) is 10.7 Å². The van der Waals surface area contributed by atoms with E-state index >= 15 is 0 Å². The van der Waals surface area contributed by atoms with E-state index in [9.17, 15) is 9.90 Å². The highest BCUT2D eigenvalue weighted by Gasteiger charge is 2.31. The van der Waals surface area contributed by atoms with Crippen LogP contribution < -0.4 is 5.32 Å². The van der Waals surface area contributed by atoms with Crippen LogP contribution in [0.5, 0.6) is 0 Å². The van der Waals surface area contributed by atoms with Crippen LogP contribution in [0.2, 0.25) is 0 Å². The van der Waals surface area contributed by atoms with Crippen molar-refractivity contribution in [1.82, 2.24) is 15.2 Å². The first kappa shape index (κ1) is 15.4. The molecule has 112 valence electrons. The predicted octanol–water partition coefficient (Wildman–Crippen LogP) is 1.86. The normalized spacial score (nSPS) is 19.6. The topological polar surface area (TPSA) is 65.5 Å². The van der Waals surface area contributed by atoms with Crippen LogP contribution in [0.15, 0.2) is 5.38 Å². The molecule has 0 bridgehead atoms. The molecule has 1 aromatic heterocycles. The number of thiazole rings is 1. The largest absolute Gasteiger partial charge is 0.480 e. The highest BCUT2D eigenvalue weighted by Crippen LogP contribution is 2.30. The summed E-state index contributed by atoms with van der Waals surface area (Å²) in [5, 5.41) is 15.8. The molecule has 1 saturated heterocycles. The summed E-state index contributed by atoms with van der Waals surface area (Å²) >= 11 is 1.55. The fraction of sp³-hybridized carbons (Fsp3) is 0.714. The molecule has 1 unspecified atom stereocenters. The van der Waals surface area contributed by atoms with Gasteiger partial charge in [-0.25, -0.2) is 4.98 Å². The summed E-state index contributed by atoms with van der Waals surface area (Å²) in [6, 6.07) is -0.623. The van der Waals surface area contributed by atoms with Crippen LogP contribution in [0.1, 0.15) is 43.9 Å². The predicted molar refractivity (Wildman–Crippen MR) is 80.3 cm³/mol. The smallest absolute Gasteiger partial charge is 0.327 e. The maximum Gasteiger partial charge on any atom is 0.327 e. The molecule has 0 amide bonds. The summed E-state index contributed by atoms with van der Waals surface area (Å²) in [5.41, 5.74) is 0.640. The maximum absolute atomic E-state index is 11.7. The summed E-state index contributed by atoms with van der Waals surface area (Å²) in [6.45, 7) is 9.63. The van der Waals surface area contributed by atoms with E-state index in [1.807, 2.05) is 10.3 Å². The van der Waals surface area contributed by atoms with Crippen molar-refractivity contribution in [3.8, 4) is 0 Å². The van der Waals surface area contributed by atoms with Crippen LogP contribution in [-0.2, 0) is 10.2 Å². The van der Waals surface area contributed by atoms with Crippen LogP contribution in [0.3, 0.4) is 0 Å². The molecule has 1 aliphatic rings. The van der Waals surface area contributed by atoms with E-state index in [1.165, 1.54) is 0 Å². The monoisotopic (exact) mass is 297 g/mol. The molecule has 0 aliphatic carbocycles. The molecule has 0 radical (unpaired) electrons. The van der Waals surface area contributed by atoms with Gasteiger partial charge in [-0.2, -0.15) is 0 Å². The van der Waals surface area contributed by atoms with Crippen molar-refractivity contribution in [2.75, 3.05) is 26.2 Å². The zero-order valence-electron chi connectivity index (χ0n) is 12.3. The highest BCUT2D eigenvalue weighted by molar-refractivity contribution is 7.09. The molecular formula is C14H23N3O2S. The number of aliphatic carboxylic acids is 1. The van der Waals surface area contributed by atoms with Gasteiger partial charge in [-0.15, -0.1) is 11.3 Å². The van der Waals surface area contributed by atoms with Gasteiger partial charge >= 0.3 is 5.97 Å². The minimum absolute atomic E-state index is 0.0354. The van der Waals surface area contributed by atoms with Crippen LogP contribution in [0.4, 0.5) is 0 Å². The van der Waals surface area contributed by atoms with Crippen molar-refractivity contribution in [2.24, 2.45) is 0 Å². The van der Waals surface area contributed by atoms with Gasteiger partial charge in [0.1, 0.15) is 0 Å². The zero-order valence-corrected chi connectivity index (χ0v) is 13.2. The Kier molecular flexibility index (Phi) is 4.78. The summed E-state index contributed by atoms with van der Waals surface area (Å²) in [6.07, 6.45) is 0.972. The van der Waals surface area contributed by atoms with Crippen molar-refractivity contribution >= 4 is 17.3 Å². The number of aromatic nitrogens is 1. The minimum Gasteiger partial charge on any atom is -0.480 e. The third-order valence-electron chi connectivity index (χ3n) is 3.42. The van der Waals surface area contributed by atoms with Crippen molar-refractivity contribution in [3.05, 3.63) is 16.1 Å². The summed E-state index contributed by atoms with van der Waals surface area (Å²) < 4.78 is 0. The van der Waals surface area contributed by atoms with Crippen LogP contribution in [0, 0.1) is 0 Å². The third kappa shape index (κ3) is 3.56. The number of nitrogens with one attached hydrogen (secondary N) is 1. The van der Waals surface area contributed by atoms with Gasteiger partial charge in [0.25, 0.3) is 0 Å². The second-order valence-electron chi connectivity index (χ2n) is 6.21. The maximum atomic E-state index is 11.7. The van der Waals surface area contributed by atoms with Gasteiger partial charge in [0.15, 0.2) is 6.04 Å². The first-order valence-corrected chi connectivity index (χ1v) is 7.91. The van der Waals surface area contributed by atoms with Gasteiger partial charge in [-0.3, -0.25) is 9.69 Å². The fourth-order valence-corrected chi connectivity index (χ4v) is 3.28. The molecule has 1 aliphatic heterocycles. The van der Waals surface area contributed by atoms with Gasteiger partial charge in [0, 0.05) is 30.4 Å². The summed E-state index contributed by atoms with van der Waals surface area (Å²) in [4.78, 5) is 18.3. The third-order valence-corrected chi connectivity index (χ3v) is 4.70. The Morgan fingerprint density at radius 1 is 1.45 bits per heavy atom. The second-order valence-corrected chi connectivity index (χ2v) is 7.07. The second kappa shape index (κ2) is 6.20. The molecule has 2 N–H and O–H groups in total. The lowest BCUT2D eigenvalue weighted by molar-refractivity contribution is -0.143. The van der Waals surface area contributed by atoms with Gasteiger partial charge < -0.3 is 10.4 Å². The Morgan fingerprint density at radius 3 is 2.80 bits per heavy atom. The Bertz CT molecular complexity index is 459. The molecule has 1 fully saturated rings. The van der Waals surface area contributed by atoms with E-state index < -0.39 is 12.0 Å². The van der Waals surface area contributed by atoms with Gasteiger partial charge in [-0.1, -0.05) is 20.8 Å². The summed E-state index contributed by atoms with van der Waals surface area (Å²) in [7, 11) is 0. The van der Waals surface area contributed by atoms with Crippen molar-refractivity contribution in [1.29, 1.82) is 0 Å². The van der Waals surface area contributed by atoms with E-state index in [-0.39, 0.29) is 5.41 Å². The van der Waals surface area contributed by atoms with Gasteiger partial charge in [0.2, 0.25) is 0 Å². The minimum atomic E-state index is -0.808. The fourth-order valence-electron chi connectivity index (χ4n) is 2.35. The van der Waals surface area contributed by atoms with Gasteiger partial charge in [-0.05, 0) is 13.0 Å². The van der Waals surface area contributed by atoms with Crippen molar-refractivity contribution in [3.63, 3.8) is 0 Å². The first-order valence-electron chi connectivity index (χ1n) is 7.03. The van der Waals surface area contributed by atoms with Crippen molar-refractivity contribution < 1.29 is 9.90 Å². The lowest BCUT2D eigenvalue weighted by atomic mass is 9.98. The number of carboxylic acid groups (broad SMARTS) is 1. The zero-order chi connectivity index (χ0) is 14.8. The Hall–Kier alpha value is -0.980. The number of carbonyl (C=O) groups is 1. The number of hydrogen-bond acceptors (Lipinski definition) is 5.